The lowest BCUT2D eigenvalue weighted by Crippen LogP contribution is -2.71. The number of hydrogen-bond donors (Lipinski definition) is 4. The number of aliphatic carboxylic acids is 1. The molecule has 0 spiro atoms. The van der Waals surface area contributed by atoms with Crippen LogP contribution in [0.1, 0.15) is 11.6 Å². The first-order valence-corrected chi connectivity index (χ1v) is 9.27. The van der Waals surface area contributed by atoms with Gasteiger partial charge in [0.2, 0.25) is 5.91 Å². The van der Waals surface area contributed by atoms with Crippen molar-refractivity contribution in [1.29, 1.82) is 0 Å². The minimum Gasteiger partial charge on any atom is -0.477 e. The van der Waals surface area contributed by atoms with Gasteiger partial charge in [-0.15, -0.1) is 11.8 Å². The Hall–Kier alpha value is -3.05. The molecule has 3 amide bonds. The lowest BCUT2D eigenvalue weighted by Gasteiger charge is -2.49. The van der Waals surface area contributed by atoms with Gasteiger partial charge in [0.15, 0.2) is 5.70 Å². The van der Waals surface area contributed by atoms with Gasteiger partial charge in [-0.1, -0.05) is 30.3 Å². The first-order valence-electron chi connectivity index (χ1n) is 8.22. The number of carboxylic acids is 1. The second-order valence-corrected chi connectivity index (χ2v) is 7.14. The molecule has 11 heteroatoms. The zero-order valence-corrected chi connectivity index (χ0v) is 15.6. The molecule has 2 aliphatic rings. The van der Waals surface area contributed by atoms with Crippen LogP contribution in [0.5, 0.6) is 0 Å². The Kier molecular flexibility index (Phi) is 5.56. The largest absolute Gasteiger partial charge is 0.477 e. The Bertz CT molecular complexity index is 858. The fourth-order valence-electron chi connectivity index (χ4n) is 2.94. The molecule has 2 unspecified atom stereocenters. The number of alkyl carbamates (subject to hydrolysis) is 1. The number of fused-ring (bicyclic) bond motifs is 1. The maximum atomic E-state index is 12.5. The summed E-state index contributed by atoms with van der Waals surface area (Å²) in [4.78, 5) is 49.0. The number of thioether (sulfide) groups is 1. The van der Waals surface area contributed by atoms with E-state index in [9.17, 15) is 24.3 Å². The van der Waals surface area contributed by atoms with E-state index in [1.807, 2.05) is 0 Å². The van der Waals surface area contributed by atoms with Gasteiger partial charge in [0, 0.05) is 5.75 Å². The first kappa shape index (κ1) is 19.7. The molecule has 2 aliphatic heterocycles. The van der Waals surface area contributed by atoms with E-state index in [1.54, 1.807) is 30.3 Å². The number of nitrogens with two attached hydrogens (primary N) is 1. The molecule has 0 bridgehead atoms. The highest BCUT2D eigenvalue weighted by molar-refractivity contribution is 8.00. The van der Waals surface area contributed by atoms with E-state index in [0.29, 0.717) is 5.56 Å². The SMILES string of the molecule is COC(=O)NC1=C(C(=O)O)N2C(=O)C(NC(=O)C(N)c3ccccc3)[C@@H]2SC1. The molecule has 1 fully saturated rings. The summed E-state index contributed by atoms with van der Waals surface area (Å²) in [5.41, 5.74) is 6.25. The molecule has 0 aliphatic carbocycles. The van der Waals surface area contributed by atoms with Crippen molar-refractivity contribution in [2.75, 3.05) is 12.9 Å². The number of β-lactam (4-membered cyclic amide) rings is 1. The lowest BCUT2D eigenvalue weighted by molar-refractivity contribution is -0.150. The molecular formula is C17H18N4O6S. The molecular weight excluding hydrogens is 388 g/mol. The predicted molar refractivity (Wildman–Crippen MR) is 98.6 cm³/mol. The smallest absolute Gasteiger partial charge is 0.411 e. The third kappa shape index (κ3) is 3.53. The Morgan fingerprint density at radius 3 is 2.61 bits per heavy atom. The molecule has 0 aromatic heterocycles. The molecule has 0 saturated carbocycles. The van der Waals surface area contributed by atoms with Crippen LogP contribution >= 0.6 is 11.8 Å². The van der Waals surface area contributed by atoms with Gasteiger partial charge in [0.05, 0.1) is 12.8 Å². The summed E-state index contributed by atoms with van der Waals surface area (Å²) in [7, 11) is 1.14. The van der Waals surface area contributed by atoms with Crippen LogP contribution in [-0.4, -0.2) is 58.2 Å². The molecule has 0 radical (unpaired) electrons. The zero-order valence-electron chi connectivity index (χ0n) is 14.7. The van der Waals surface area contributed by atoms with Crippen LogP contribution in [0, 0.1) is 0 Å². The summed E-state index contributed by atoms with van der Waals surface area (Å²) < 4.78 is 4.47. The van der Waals surface area contributed by atoms with Crippen LogP contribution in [0.4, 0.5) is 4.79 Å². The normalized spacial score (nSPS) is 21.9. The molecule has 10 nitrogen and oxygen atoms in total. The molecule has 28 heavy (non-hydrogen) atoms. The minimum atomic E-state index is -1.36. The topological polar surface area (TPSA) is 151 Å². The monoisotopic (exact) mass is 406 g/mol. The van der Waals surface area contributed by atoms with Crippen molar-refractivity contribution in [3.8, 4) is 0 Å². The van der Waals surface area contributed by atoms with Crippen molar-refractivity contribution in [2.24, 2.45) is 5.73 Å². The second-order valence-electron chi connectivity index (χ2n) is 6.03. The lowest BCUT2D eigenvalue weighted by atomic mass is 10.0. The zero-order chi connectivity index (χ0) is 20.4. The molecule has 1 saturated heterocycles. The summed E-state index contributed by atoms with van der Waals surface area (Å²) in [6.45, 7) is 0. The van der Waals surface area contributed by atoms with Gasteiger partial charge in [0.1, 0.15) is 17.5 Å². The van der Waals surface area contributed by atoms with Crippen molar-refractivity contribution in [3.05, 3.63) is 47.3 Å². The van der Waals surface area contributed by atoms with E-state index in [-0.39, 0.29) is 17.1 Å². The molecule has 3 atom stereocenters. The minimum absolute atomic E-state index is 0.0553. The van der Waals surface area contributed by atoms with Gasteiger partial charge in [-0.2, -0.15) is 0 Å². The summed E-state index contributed by atoms with van der Waals surface area (Å²) in [6.07, 6.45) is -0.834. The third-order valence-electron chi connectivity index (χ3n) is 4.35. The average molecular weight is 406 g/mol. The number of benzene rings is 1. The summed E-state index contributed by atoms with van der Waals surface area (Å²) in [6, 6.07) is 6.82. The fourth-order valence-corrected chi connectivity index (χ4v) is 4.23. The van der Waals surface area contributed by atoms with E-state index in [2.05, 4.69) is 15.4 Å². The molecule has 1 aromatic carbocycles. The molecule has 2 heterocycles. The van der Waals surface area contributed by atoms with Crippen LogP contribution in [0.2, 0.25) is 0 Å². The van der Waals surface area contributed by atoms with E-state index >= 15 is 0 Å². The molecule has 5 N–H and O–H groups in total. The van der Waals surface area contributed by atoms with Crippen LogP contribution in [0.3, 0.4) is 0 Å². The van der Waals surface area contributed by atoms with E-state index in [0.717, 1.165) is 12.0 Å². The maximum Gasteiger partial charge on any atom is 0.411 e. The number of ether oxygens (including phenoxy) is 1. The third-order valence-corrected chi connectivity index (χ3v) is 5.63. The maximum absolute atomic E-state index is 12.5. The fraction of sp³-hybridized carbons (Fsp3) is 0.294. The number of methoxy groups -OCH3 is 1. The number of carbonyl (C=O) groups excluding carboxylic acids is 3. The number of carboxylic acid groups (broad SMARTS) is 1. The van der Waals surface area contributed by atoms with Crippen LogP contribution in [0.15, 0.2) is 41.7 Å². The summed E-state index contributed by atoms with van der Waals surface area (Å²) in [5, 5.41) is 13.8. The predicted octanol–water partition coefficient (Wildman–Crippen LogP) is -0.261. The van der Waals surface area contributed by atoms with E-state index < -0.39 is 41.3 Å². The van der Waals surface area contributed by atoms with Gasteiger partial charge in [-0.25, -0.2) is 9.59 Å². The second kappa shape index (κ2) is 7.90. The quantitative estimate of drug-likeness (QED) is 0.488. The summed E-state index contributed by atoms with van der Waals surface area (Å²) in [5.74, 6) is -2.37. The van der Waals surface area contributed by atoms with Crippen molar-refractivity contribution < 1.29 is 29.0 Å². The number of nitrogens with zero attached hydrogens (tertiary/aromatic N) is 1. The average Bonchev–Trinajstić information content (AvgIpc) is 2.71. The van der Waals surface area contributed by atoms with Gasteiger partial charge in [0.25, 0.3) is 5.91 Å². The van der Waals surface area contributed by atoms with Crippen LogP contribution < -0.4 is 16.4 Å². The number of rotatable bonds is 5. The Morgan fingerprint density at radius 1 is 1.32 bits per heavy atom. The van der Waals surface area contributed by atoms with Gasteiger partial charge >= 0.3 is 12.1 Å². The highest BCUT2D eigenvalue weighted by Crippen LogP contribution is 2.39. The molecule has 1 aromatic rings. The van der Waals surface area contributed by atoms with Crippen molar-refractivity contribution in [3.63, 3.8) is 0 Å². The van der Waals surface area contributed by atoms with E-state index in [1.165, 1.54) is 11.8 Å². The van der Waals surface area contributed by atoms with Gasteiger partial charge in [-0.3, -0.25) is 19.8 Å². The highest BCUT2D eigenvalue weighted by Gasteiger charge is 2.54. The first-order chi connectivity index (χ1) is 13.3. The van der Waals surface area contributed by atoms with E-state index in [4.69, 9.17) is 5.73 Å². The Labute approximate surface area is 164 Å². The van der Waals surface area contributed by atoms with Crippen LogP contribution in [-0.2, 0) is 19.1 Å². The number of amides is 3. The number of nitrogens with one attached hydrogen (secondary N) is 2. The summed E-state index contributed by atoms with van der Waals surface area (Å²) >= 11 is 1.21. The van der Waals surface area contributed by atoms with Gasteiger partial charge < -0.3 is 20.9 Å². The highest BCUT2D eigenvalue weighted by atomic mass is 32.2. The van der Waals surface area contributed by atoms with Crippen molar-refractivity contribution in [2.45, 2.75) is 17.5 Å². The van der Waals surface area contributed by atoms with Crippen molar-refractivity contribution >= 4 is 35.6 Å². The Balaban J connectivity index is 1.74. The van der Waals surface area contributed by atoms with Gasteiger partial charge in [-0.05, 0) is 5.56 Å². The number of carbonyl (C=O) groups is 4. The molecule has 3 rings (SSSR count). The number of hydrogen-bond acceptors (Lipinski definition) is 7. The molecule has 148 valence electrons. The van der Waals surface area contributed by atoms with Crippen molar-refractivity contribution in [1.82, 2.24) is 15.5 Å². The Morgan fingerprint density at radius 2 is 2.00 bits per heavy atom. The van der Waals surface area contributed by atoms with Crippen LogP contribution in [0.25, 0.3) is 0 Å². The standard InChI is InChI=1S/C17H18N4O6S/c1-27-17(26)19-9-7-28-15-11(14(23)21(15)12(9)16(24)25)20-13(22)10(18)8-5-3-2-4-6-8/h2-6,10-11,15H,7,18H2,1H3,(H,19,26)(H,20,22)(H,24,25)/t10?,11?,15-/m0/s1.